The summed E-state index contributed by atoms with van der Waals surface area (Å²) < 4.78 is 1.27. The number of hydrogen-bond acceptors (Lipinski definition) is 5. The van der Waals surface area contributed by atoms with E-state index in [1.165, 1.54) is 21.7 Å². The molecule has 2 aromatic rings. The fourth-order valence-corrected chi connectivity index (χ4v) is 2.16. The van der Waals surface area contributed by atoms with Crippen molar-refractivity contribution < 1.29 is 9.59 Å². The van der Waals surface area contributed by atoms with Crippen molar-refractivity contribution in [3.8, 4) is 0 Å². The number of aromatic nitrogens is 3. The highest BCUT2D eigenvalue weighted by molar-refractivity contribution is 6.05. The van der Waals surface area contributed by atoms with E-state index in [-0.39, 0.29) is 35.9 Å². The lowest BCUT2D eigenvalue weighted by Crippen LogP contribution is -2.51. The van der Waals surface area contributed by atoms with Gasteiger partial charge in [0.25, 0.3) is 5.56 Å². The first-order valence-electron chi connectivity index (χ1n) is 6.03. The van der Waals surface area contributed by atoms with E-state index in [1.807, 2.05) is 0 Å². The zero-order valence-electron chi connectivity index (χ0n) is 10.7. The predicted octanol–water partition coefficient (Wildman–Crippen LogP) is -0.156. The van der Waals surface area contributed by atoms with Crippen LogP contribution < -0.4 is 15.8 Å². The number of carbonyl (C=O) groups excluding carboxylic acids is 2. The van der Waals surface area contributed by atoms with Gasteiger partial charge in [-0.3, -0.25) is 24.2 Å². The van der Waals surface area contributed by atoms with Crippen LogP contribution in [0.25, 0.3) is 5.78 Å². The summed E-state index contributed by atoms with van der Waals surface area (Å²) in [6, 6.07) is 1.00. The normalized spacial score (nSPS) is 15.6. The molecular formula is C12H11N5O3. The number of carbonyl (C=O) groups is 2. The van der Waals surface area contributed by atoms with Crippen LogP contribution in [0.2, 0.25) is 0 Å². The number of nitrogens with zero attached hydrogens (tertiary/aromatic N) is 4. The molecule has 8 nitrogen and oxygen atoms in total. The first-order valence-corrected chi connectivity index (χ1v) is 6.03. The smallest absolute Gasteiger partial charge is 0.287 e. The van der Waals surface area contributed by atoms with E-state index in [0.29, 0.717) is 5.69 Å². The molecule has 1 N–H and O–H groups in total. The molecule has 1 aliphatic rings. The van der Waals surface area contributed by atoms with Crippen LogP contribution in [-0.2, 0) is 4.79 Å². The molecule has 0 aromatic carbocycles. The van der Waals surface area contributed by atoms with Crippen molar-refractivity contribution in [2.75, 3.05) is 11.4 Å². The molecule has 8 heteroatoms. The quantitative estimate of drug-likeness (QED) is 0.779. The van der Waals surface area contributed by atoms with Gasteiger partial charge >= 0.3 is 6.03 Å². The molecule has 102 valence electrons. The molecule has 0 radical (unpaired) electrons. The Balaban J connectivity index is 2.19. The molecule has 2 aromatic heterocycles. The van der Waals surface area contributed by atoms with Crippen LogP contribution >= 0.6 is 0 Å². The largest absolute Gasteiger partial charge is 0.328 e. The van der Waals surface area contributed by atoms with Crippen molar-refractivity contribution in [3.63, 3.8) is 0 Å². The number of anilines is 1. The van der Waals surface area contributed by atoms with E-state index in [0.717, 1.165) is 0 Å². The molecule has 1 saturated heterocycles. The second-order valence-corrected chi connectivity index (χ2v) is 4.40. The lowest BCUT2D eigenvalue weighted by molar-refractivity contribution is -0.120. The second-order valence-electron chi connectivity index (χ2n) is 4.40. The lowest BCUT2D eigenvalue weighted by atomic mass is 10.2. The number of hydrogen-bond donors (Lipinski definition) is 1. The van der Waals surface area contributed by atoms with Crippen LogP contribution in [0.15, 0.2) is 23.3 Å². The van der Waals surface area contributed by atoms with Gasteiger partial charge in [0.15, 0.2) is 0 Å². The van der Waals surface area contributed by atoms with Gasteiger partial charge in [-0.1, -0.05) is 0 Å². The van der Waals surface area contributed by atoms with E-state index < -0.39 is 6.03 Å². The van der Waals surface area contributed by atoms with Gasteiger partial charge < -0.3 is 0 Å². The molecule has 3 amide bonds. The summed E-state index contributed by atoms with van der Waals surface area (Å²) >= 11 is 0. The van der Waals surface area contributed by atoms with Crippen LogP contribution in [0.5, 0.6) is 0 Å². The highest BCUT2D eigenvalue weighted by Crippen LogP contribution is 2.16. The van der Waals surface area contributed by atoms with E-state index in [2.05, 4.69) is 15.3 Å². The van der Waals surface area contributed by atoms with E-state index >= 15 is 0 Å². The molecular weight excluding hydrogens is 262 g/mol. The maximum atomic E-state index is 12.5. The van der Waals surface area contributed by atoms with Crippen molar-refractivity contribution >= 4 is 23.4 Å². The molecule has 20 heavy (non-hydrogen) atoms. The molecule has 0 aliphatic carbocycles. The van der Waals surface area contributed by atoms with Crippen LogP contribution in [-0.4, -0.2) is 32.9 Å². The topological polar surface area (TPSA) is 96.7 Å². The standard InChI is InChI=1S/C12H11N5O3/c1-7-9(16-6-3-8(18)15-12(16)20)10(19)17-5-2-4-13-11(17)14-7/h2,4-5H,3,6H2,1H3,(H,15,18,20). The molecule has 3 rings (SSSR count). The highest BCUT2D eigenvalue weighted by Gasteiger charge is 2.28. The zero-order valence-corrected chi connectivity index (χ0v) is 10.7. The summed E-state index contributed by atoms with van der Waals surface area (Å²) in [5.41, 5.74) is 0.184. The van der Waals surface area contributed by atoms with E-state index in [9.17, 15) is 14.4 Å². The van der Waals surface area contributed by atoms with Crippen molar-refractivity contribution in [1.29, 1.82) is 0 Å². The fraction of sp³-hybridized carbons (Fsp3) is 0.250. The minimum atomic E-state index is -0.605. The fourth-order valence-electron chi connectivity index (χ4n) is 2.16. The highest BCUT2D eigenvalue weighted by atomic mass is 16.2. The molecule has 0 bridgehead atoms. The lowest BCUT2D eigenvalue weighted by Gasteiger charge is -2.26. The van der Waals surface area contributed by atoms with Crippen molar-refractivity contribution in [2.24, 2.45) is 0 Å². The molecule has 0 unspecified atom stereocenters. The van der Waals surface area contributed by atoms with Crippen LogP contribution in [0.1, 0.15) is 12.1 Å². The van der Waals surface area contributed by atoms with Gasteiger partial charge in [-0.25, -0.2) is 14.8 Å². The summed E-state index contributed by atoms with van der Waals surface area (Å²) in [6.07, 6.45) is 3.22. The molecule has 1 fully saturated rings. The Hall–Kier alpha value is -2.77. The number of nitrogens with one attached hydrogen (secondary N) is 1. The van der Waals surface area contributed by atoms with Gasteiger partial charge in [-0.15, -0.1) is 0 Å². The van der Waals surface area contributed by atoms with Gasteiger partial charge in [-0.05, 0) is 13.0 Å². The average molecular weight is 273 g/mol. The summed E-state index contributed by atoms with van der Waals surface area (Å²) in [6.45, 7) is 1.80. The van der Waals surface area contributed by atoms with Crippen molar-refractivity contribution in [1.82, 2.24) is 19.7 Å². The van der Waals surface area contributed by atoms with Crippen LogP contribution in [0.4, 0.5) is 10.5 Å². The first-order chi connectivity index (χ1) is 9.58. The Morgan fingerprint density at radius 2 is 2.10 bits per heavy atom. The van der Waals surface area contributed by atoms with Gasteiger partial charge in [-0.2, -0.15) is 0 Å². The first kappa shape index (κ1) is 12.3. The third kappa shape index (κ3) is 1.81. The minimum Gasteiger partial charge on any atom is -0.287 e. The number of urea groups is 1. The Morgan fingerprint density at radius 3 is 2.85 bits per heavy atom. The predicted molar refractivity (Wildman–Crippen MR) is 69.5 cm³/mol. The third-order valence-electron chi connectivity index (χ3n) is 3.08. The Morgan fingerprint density at radius 1 is 1.30 bits per heavy atom. The van der Waals surface area contributed by atoms with E-state index in [1.54, 1.807) is 13.0 Å². The van der Waals surface area contributed by atoms with Crippen molar-refractivity contribution in [2.45, 2.75) is 13.3 Å². The average Bonchev–Trinajstić information content (AvgIpc) is 2.41. The maximum Gasteiger partial charge on any atom is 0.328 e. The molecule has 0 spiro atoms. The number of amides is 3. The monoisotopic (exact) mass is 273 g/mol. The minimum absolute atomic E-state index is 0.153. The number of aryl methyl sites for hydroxylation is 1. The third-order valence-corrected chi connectivity index (χ3v) is 3.08. The maximum absolute atomic E-state index is 12.5. The summed E-state index contributed by atoms with van der Waals surface area (Å²) in [4.78, 5) is 44.9. The van der Waals surface area contributed by atoms with Gasteiger partial charge in [0.05, 0.1) is 5.69 Å². The Labute approximate surface area is 113 Å². The SMILES string of the molecule is Cc1nc2ncccn2c(=O)c1N1CCC(=O)NC1=O. The molecule has 1 aliphatic heterocycles. The van der Waals surface area contributed by atoms with Gasteiger partial charge in [0.2, 0.25) is 11.7 Å². The van der Waals surface area contributed by atoms with E-state index in [4.69, 9.17) is 0 Å². The second kappa shape index (κ2) is 4.41. The number of imide groups is 1. The summed E-state index contributed by atoms with van der Waals surface area (Å²) in [7, 11) is 0. The molecule has 0 saturated carbocycles. The summed E-state index contributed by atoms with van der Waals surface area (Å²) in [5.74, 6) is -0.0772. The Kier molecular flexibility index (Phi) is 2.70. The Bertz CT molecular complexity index is 782. The number of rotatable bonds is 1. The zero-order chi connectivity index (χ0) is 14.3. The summed E-state index contributed by atoms with van der Waals surface area (Å²) in [5, 5.41) is 2.19. The van der Waals surface area contributed by atoms with Crippen LogP contribution in [0.3, 0.4) is 0 Å². The van der Waals surface area contributed by atoms with Crippen LogP contribution in [0, 0.1) is 6.92 Å². The molecule has 0 atom stereocenters. The number of fused-ring (bicyclic) bond motifs is 1. The molecule has 3 heterocycles. The van der Waals surface area contributed by atoms with Gasteiger partial charge in [0.1, 0.15) is 5.69 Å². The van der Waals surface area contributed by atoms with Gasteiger partial charge in [0, 0.05) is 25.4 Å². The van der Waals surface area contributed by atoms with Crippen molar-refractivity contribution in [3.05, 3.63) is 34.5 Å².